The second-order valence-corrected chi connectivity index (χ2v) is 4.81. The van der Waals surface area contributed by atoms with Crippen LogP contribution in [0.5, 0.6) is 0 Å². The summed E-state index contributed by atoms with van der Waals surface area (Å²) in [5.41, 5.74) is 0.245. The Labute approximate surface area is 116 Å². The van der Waals surface area contributed by atoms with Crippen molar-refractivity contribution in [1.29, 1.82) is 0 Å². The van der Waals surface area contributed by atoms with Crippen LogP contribution in [0.3, 0.4) is 0 Å². The van der Waals surface area contributed by atoms with Crippen LogP contribution in [0.1, 0.15) is 11.1 Å². The van der Waals surface area contributed by atoms with E-state index >= 15 is 0 Å². The molecule has 100 valence electrons. The summed E-state index contributed by atoms with van der Waals surface area (Å²) >= 11 is 3.05. The topological polar surface area (TPSA) is 24.9 Å². The predicted octanol–water partition coefficient (Wildman–Crippen LogP) is 4.48. The molecule has 0 spiro atoms. The zero-order valence-corrected chi connectivity index (χ0v) is 11.3. The molecule has 0 fully saturated rings. The third-order valence-corrected chi connectivity index (χ3v) is 3.01. The Kier molecular flexibility index (Phi) is 4.09. The van der Waals surface area contributed by atoms with Gasteiger partial charge in [-0.15, -0.1) is 0 Å². The summed E-state index contributed by atoms with van der Waals surface area (Å²) in [6.45, 7) is 0.313. The highest BCUT2D eigenvalue weighted by molar-refractivity contribution is 9.10. The third-order valence-electron chi connectivity index (χ3n) is 2.52. The van der Waals surface area contributed by atoms with E-state index in [4.69, 9.17) is 0 Å². The van der Waals surface area contributed by atoms with Gasteiger partial charge in [-0.25, -0.2) is 0 Å². The molecule has 1 aromatic heterocycles. The van der Waals surface area contributed by atoms with Gasteiger partial charge in [0.1, 0.15) is 0 Å². The number of rotatable bonds is 3. The maximum atomic E-state index is 12.9. The minimum atomic E-state index is -4.38. The minimum absolute atomic E-state index is 0.0625. The zero-order chi connectivity index (χ0) is 13.9. The van der Waals surface area contributed by atoms with Crippen molar-refractivity contribution >= 4 is 21.6 Å². The summed E-state index contributed by atoms with van der Waals surface area (Å²) in [5, 5.41) is 2.79. The first kappa shape index (κ1) is 13.9. The quantitative estimate of drug-likeness (QED) is 0.897. The van der Waals surface area contributed by atoms with Crippen LogP contribution in [0.4, 0.5) is 18.9 Å². The summed E-state index contributed by atoms with van der Waals surface area (Å²) < 4.78 is 39.0. The van der Waals surface area contributed by atoms with Gasteiger partial charge in [0.2, 0.25) is 0 Å². The van der Waals surface area contributed by atoms with E-state index in [1.165, 1.54) is 6.07 Å². The van der Waals surface area contributed by atoms with E-state index in [0.717, 1.165) is 11.6 Å². The van der Waals surface area contributed by atoms with Gasteiger partial charge in [-0.2, -0.15) is 13.2 Å². The fraction of sp³-hybridized carbons (Fsp3) is 0.154. The van der Waals surface area contributed by atoms with Crippen LogP contribution < -0.4 is 5.32 Å². The molecule has 0 saturated carbocycles. The largest absolute Gasteiger partial charge is 0.418 e. The Hall–Kier alpha value is -1.56. The standard InChI is InChI=1S/C13H10BrF3N2/c14-10-1-2-12(11(7-10)13(15,16)17)19-8-9-3-5-18-6-4-9/h1-7,19H,8H2. The van der Waals surface area contributed by atoms with E-state index in [-0.39, 0.29) is 5.69 Å². The highest BCUT2D eigenvalue weighted by Crippen LogP contribution is 2.36. The third kappa shape index (κ3) is 3.70. The van der Waals surface area contributed by atoms with Crippen LogP contribution >= 0.6 is 15.9 Å². The molecule has 2 nitrogen and oxygen atoms in total. The number of pyridine rings is 1. The molecule has 0 aliphatic heterocycles. The van der Waals surface area contributed by atoms with Gasteiger partial charge in [-0.1, -0.05) is 15.9 Å². The number of halogens is 4. The SMILES string of the molecule is FC(F)(F)c1cc(Br)ccc1NCc1ccncc1. The summed E-state index contributed by atoms with van der Waals surface area (Å²) in [4.78, 5) is 3.85. The minimum Gasteiger partial charge on any atom is -0.380 e. The van der Waals surface area contributed by atoms with Crippen molar-refractivity contribution in [3.63, 3.8) is 0 Å². The van der Waals surface area contributed by atoms with Crippen LogP contribution in [-0.4, -0.2) is 4.98 Å². The number of nitrogens with zero attached hydrogens (tertiary/aromatic N) is 1. The van der Waals surface area contributed by atoms with Crippen molar-refractivity contribution in [3.05, 3.63) is 58.3 Å². The smallest absolute Gasteiger partial charge is 0.380 e. The van der Waals surface area contributed by atoms with E-state index in [1.807, 2.05) is 0 Å². The summed E-state index contributed by atoms with van der Waals surface area (Å²) in [6.07, 6.45) is -1.18. The lowest BCUT2D eigenvalue weighted by molar-refractivity contribution is -0.137. The first-order valence-electron chi connectivity index (χ1n) is 5.46. The van der Waals surface area contributed by atoms with Gasteiger partial charge in [-0.05, 0) is 35.9 Å². The molecule has 0 atom stereocenters. The van der Waals surface area contributed by atoms with E-state index in [0.29, 0.717) is 11.0 Å². The maximum Gasteiger partial charge on any atom is 0.418 e. The summed E-state index contributed by atoms with van der Waals surface area (Å²) in [5.74, 6) is 0. The van der Waals surface area contributed by atoms with E-state index < -0.39 is 11.7 Å². The Morgan fingerprint density at radius 1 is 1.11 bits per heavy atom. The van der Waals surface area contributed by atoms with Gasteiger partial charge in [0.05, 0.1) is 5.56 Å². The molecule has 0 radical (unpaired) electrons. The number of benzene rings is 1. The zero-order valence-electron chi connectivity index (χ0n) is 9.71. The maximum absolute atomic E-state index is 12.9. The molecule has 1 N–H and O–H groups in total. The van der Waals surface area contributed by atoms with E-state index in [1.54, 1.807) is 30.6 Å². The van der Waals surface area contributed by atoms with Crippen LogP contribution in [0.2, 0.25) is 0 Å². The second kappa shape index (κ2) is 5.61. The summed E-state index contributed by atoms with van der Waals surface area (Å²) in [6, 6.07) is 7.55. The average Bonchev–Trinajstić information content (AvgIpc) is 2.37. The van der Waals surface area contributed by atoms with Crippen LogP contribution in [0.15, 0.2) is 47.2 Å². The molecule has 0 bridgehead atoms. The highest BCUT2D eigenvalue weighted by Gasteiger charge is 2.33. The Morgan fingerprint density at radius 3 is 2.42 bits per heavy atom. The lowest BCUT2D eigenvalue weighted by Gasteiger charge is -2.15. The Bertz CT molecular complexity index is 556. The average molecular weight is 331 g/mol. The van der Waals surface area contributed by atoms with E-state index in [2.05, 4.69) is 26.2 Å². The first-order chi connectivity index (χ1) is 8.97. The lowest BCUT2D eigenvalue weighted by atomic mass is 10.1. The molecule has 6 heteroatoms. The molecular formula is C13H10BrF3N2. The van der Waals surface area contributed by atoms with Crippen molar-refractivity contribution in [2.45, 2.75) is 12.7 Å². The molecule has 2 rings (SSSR count). The predicted molar refractivity (Wildman–Crippen MR) is 70.7 cm³/mol. The van der Waals surface area contributed by atoms with Crippen molar-refractivity contribution in [1.82, 2.24) is 4.98 Å². The highest BCUT2D eigenvalue weighted by atomic mass is 79.9. The van der Waals surface area contributed by atoms with Crippen molar-refractivity contribution in [2.24, 2.45) is 0 Å². The molecule has 0 unspecified atom stereocenters. The van der Waals surface area contributed by atoms with Gasteiger partial charge in [0.25, 0.3) is 0 Å². The second-order valence-electron chi connectivity index (χ2n) is 3.90. The molecule has 0 saturated heterocycles. The Balaban J connectivity index is 2.21. The lowest BCUT2D eigenvalue weighted by Crippen LogP contribution is -2.10. The van der Waals surface area contributed by atoms with Gasteiger partial charge >= 0.3 is 6.18 Å². The number of anilines is 1. The van der Waals surface area contributed by atoms with Crippen molar-refractivity contribution in [3.8, 4) is 0 Å². The molecule has 1 aromatic carbocycles. The van der Waals surface area contributed by atoms with Gasteiger partial charge in [-0.3, -0.25) is 4.98 Å². The molecular weight excluding hydrogens is 321 g/mol. The van der Waals surface area contributed by atoms with E-state index in [9.17, 15) is 13.2 Å². The number of aromatic nitrogens is 1. The normalized spacial score (nSPS) is 11.4. The summed E-state index contributed by atoms with van der Waals surface area (Å²) in [7, 11) is 0. The number of hydrogen-bond donors (Lipinski definition) is 1. The molecule has 1 heterocycles. The molecule has 0 amide bonds. The molecule has 2 aromatic rings. The van der Waals surface area contributed by atoms with Gasteiger partial charge < -0.3 is 5.32 Å². The number of alkyl halides is 3. The van der Waals surface area contributed by atoms with Gasteiger partial charge in [0.15, 0.2) is 0 Å². The van der Waals surface area contributed by atoms with Crippen molar-refractivity contribution in [2.75, 3.05) is 5.32 Å². The fourth-order valence-corrected chi connectivity index (χ4v) is 1.96. The fourth-order valence-electron chi connectivity index (χ4n) is 1.60. The molecule has 0 aliphatic carbocycles. The number of hydrogen-bond acceptors (Lipinski definition) is 2. The molecule has 0 aliphatic rings. The van der Waals surface area contributed by atoms with Crippen LogP contribution in [-0.2, 0) is 12.7 Å². The van der Waals surface area contributed by atoms with Crippen LogP contribution in [0, 0.1) is 0 Å². The molecule has 19 heavy (non-hydrogen) atoms. The Morgan fingerprint density at radius 2 is 1.79 bits per heavy atom. The van der Waals surface area contributed by atoms with Crippen LogP contribution in [0.25, 0.3) is 0 Å². The monoisotopic (exact) mass is 330 g/mol. The van der Waals surface area contributed by atoms with Crippen molar-refractivity contribution < 1.29 is 13.2 Å². The number of nitrogens with one attached hydrogen (secondary N) is 1. The van der Waals surface area contributed by atoms with Gasteiger partial charge in [0, 0.05) is 29.1 Å². The first-order valence-corrected chi connectivity index (χ1v) is 6.25.